The van der Waals surface area contributed by atoms with Crippen LogP contribution in [0.5, 0.6) is 11.5 Å². The number of hydrogen-bond acceptors (Lipinski definition) is 3. The van der Waals surface area contributed by atoms with E-state index in [2.05, 4.69) is 5.32 Å². The molecule has 3 heteroatoms. The monoisotopic (exact) mass is 207 g/mol. The molecule has 2 rings (SSSR count). The lowest BCUT2D eigenvalue weighted by Gasteiger charge is -2.16. The van der Waals surface area contributed by atoms with Gasteiger partial charge in [-0.05, 0) is 55.5 Å². The van der Waals surface area contributed by atoms with E-state index in [1.807, 2.05) is 13.8 Å². The van der Waals surface area contributed by atoms with E-state index in [4.69, 9.17) is 0 Å². The van der Waals surface area contributed by atoms with Crippen LogP contribution in [0.4, 0.5) is 0 Å². The third kappa shape index (κ3) is 1.67. The molecular weight excluding hydrogens is 190 g/mol. The van der Waals surface area contributed by atoms with E-state index in [0.717, 1.165) is 36.2 Å². The first-order valence-corrected chi connectivity index (χ1v) is 5.34. The second-order valence-corrected chi connectivity index (χ2v) is 4.27. The number of nitrogens with one attached hydrogen (secondary N) is 1. The predicted molar refractivity (Wildman–Crippen MR) is 59.5 cm³/mol. The molecule has 1 heterocycles. The molecule has 0 aromatic heterocycles. The van der Waals surface area contributed by atoms with Gasteiger partial charge in [0.1, 0.15) is 0 Å². The molecule has 1 aliphatic heterocycles. The molecule has 0 saturated carbocycles. The molecule has 1 aromatic rings. The van der Waals surface area contributed by atoms with E-state index in [9.17, 15) is 10.2 Å². The standard InChI is InChI=1S/C12H17NO2/c1-7-8(2)12(15)11(14)5-10(7)9-3-4-13-6-9/h5,9,13-15H,3-4,6H2,1-2H3. The van der Waals surface area contributed by atoms with Crippen LogP contribution >= 0.6 is 0 Å². The van der Waals surface area contributed by atoms with Gasteiger partial charge in [0.15, 0.2) is 11.5 Å². The number of phenols is 2. The maximum Gasteiger partial charge on any atom is 0.160 e. The van der Waals surface area contributed by atoms with Crippen molar-refractivity contribution in [3.8, 4) is 11.5 Å². The Morgan fingerprint density at radius 1 is 1.27 bits per heavy atom. The number of aromatic hydroxyl groups is 2. The van der Waals surface area contributed by atoms with Crippen molar-refractivity contribution in [1.29, 1.82) is 0 Å². The molecule has 1 saturated heterocycles. The van der Waals surface area contributed by atoms with Crippen molar-refractivity contribution in [3.05, 3.63) is 22.8 Å². The second-order valence-electron chi connectivity index (χ2n) is 4.27. The van der Waals surface area contributed by atoms with Gasteiger partial charge in [-0.3, -0.25) is 0 Å². The molecule has 1 aromatic carbocycles. The van der Waals surface area contributed by atoms with Crippen LogP contribution in [0.3, 0.4) is 0 Å². The Kier molecular flexibility index (Phi) is 2.57. The summed E-state index contributed by atoms with van der Waals surface area (Å²) in [6.07, 6.45) is 1.10. The number of phenolic OH excluding ortho intramolecular Hbond substituents is 2. The third-order valence-electron chi connectivity index (χ3n) is 3.39. The van der Waals surface area contributed by atoms with Gasteiger partial charge in [0, 0.05) is 6.54 Å². The van der Waals surface area contributed by atoms with Crippen molar-refractivity contribution in [3.63, 3.8) is 0 Å². The summed E-state index contributed by atoms with van der Waals surface area (Å²) >= 11 is 0. The predicted octanol–water partition coefficient (Wildman–Crippen LogP) is 1.79. The molecule has 3 nitrogen and oxygen atoms in total. The van der Waals surface area contributed by atoms with Crippen molar-refractivity contribution < 1.29 is 10.2 Å². The fourth-order valence-corrected chi connectivity index (χ4v) is 2.25. The maximum absolute atomic E-state index is 9.60. The molecule has 0 aliphatic carbocycles. The van der Waals surface area contributed by atoms with Crippen molar-refractivity contribution in [1.82, 2.24) is 5.32 Å². The van der Waals surface area contributed by atoms with Crippen molar-refractivity contribution in [2.75, 3.05) is 13.1 Å². The maximum atomic E-state index is 9.60. The van der Waals surface area contributed by atoms with Gasteiger partial charge in [-0.15, -0.1) is 0 Å². The van der Waals surface area contributed by atoms with E-state index in [0.29, 0.717) is 5.92 Å². The molecular formula is C12H17NO2. The first kappa shape index (κ1) is 10.3. The summed E-state index contributed by atoms with van der Waals surface area (Å²) < 4.78 is 0. The molecule has 1 fully saturated rings. The molecule has 3 N–H and O–H groups in total. The van der Waals surface area contributed by atoms with Crippen LogP contribution in [0.15, 0.2) is 6.07 Å². The summed E-state index contributed by atoms with van der Waals surface area (Å²) in [5.41, 5.74) is 3.05. The summed E-state index contributed by atoms with van der Waals surface area (Å²) in [6, 6.07) is 1.70. The van der Waals surface area contributed by atoms with Crippen LogP contribution in [-0.4, -0.2) is 23.3 Å². The van der Waals surface area contributed by atoms with Crippen LogP contribution in [0, 0.1) is 13.8 Å². The number of hydrogen-bond donors (Lipinski definition) is 3. The third-order valence-corrected chi connectivity index (χ3v) is 3.39. The summed E-state index contributed by atoms with van der Waals surface area (Å²) in [5.74, 6) is 0.484. The SMILES string of the molecule is Cc1c(C2CCNC2)cc(O)c(O)c1C. The highest BCUT2D eigenvalue weighted by molar-refractivity contribution is 5.53. The minimum Gasteiger partial charge on any atom is -0.504 e. The van der Waals surface area contributed by atoms with Crippen molar-refractivity contribution in [2.45, 2.75) is 26.2 Å². The molecule has 0 bridgehead atoms. The molecule has 0 amide bonds. The van der Waals surface area contributed by atoms with Crippen LogP contribution in [-0.2, 0) is 0 Å². The van der Waals surface area contributed by atoms with Crippen LogP contribution in [0.1, 0.15) is 29.0 Å². The first-order chi connectivity index (χ1) is 7.11. The average Bonchev–Trinajstić information content (AvgIpc) is 2.73. The molecule has 15 heavy (non-hydrogen) atoms. The average molecular weight is 207 g/mol. The number of benzene rings is 1. The summed E-state index contributed by atoms with van der Waals surface area (Å²) in [6.45, 7) is 5.84. The van der Waals surface area contributed by atoms with Gasteiger partial charge in [-0.25, -0.2) is 0 Å². The van der Waals surface area contributed by atoms with Crippen LogP contribution < -0.4 is 5.32 Å². The molecule has 1 atom stereocenters. The highest BCUT2D eigenvalue weighted by Gasteiger charge is 2.21. The van der Waals surface area contributed by atoms with Crippen LogP contribution in [0.25, 0.3) is 0 Å². The minimum absolute atomic E-state index is 0.000000000000000444. The topological polar surface area (TPSA) is 52.5 Å². The van der Waals surface area contributed by atoms with Gasteiger partial charge < -0.3 is 15.5 Å². The van der Waals surface area contributed by atoms with Gasteiger partial charge in [0.05, 0.1) is 0 Å². The first-order valence-electron chi connectivity index (χ1n) is 5.34. The summed E-state index contributed by atoms with van der Waals surface area (Å²) in [7, 11) is 0. The lowest BCUT2D eigenvalue weighted by atomic mass is 9.91. The number of rotatable bonds is 1. The summed E-state index contributed by atoms with van der Waals surface area (Å²) in [5, 5.41) is 22.5. The van der Waals surface area contributed by atoms with E-state index < -0.39 is 0 Å². The van der Waals surface area contributed by atoms with E-state index in [1.54, 1.807) is 6.07 Å². The highest BCUT2D eigenvalue weighted by atomic mass is 16.3. The highest BCUT2D eigenvalue weighted by Crippen LogP contribution is 2.37. The van der Waals surface area contributed by atoms with Gasteiger partial charge in [0.25, 0.3) is 0 Å². The lowest BCUT2D eigenvalue weighted by molar-refractivity contribution is 0.399. The minimum atomic E-state index is 0.000000000000000444. The van der Waals surface area contributed by atoms with Crippen molar-refractivity contribution in [2.24, 2.45) is 0 Å². The normalized spacial score (nSPS) is 20.8. The zero-order chi connectivity index (χ0) is 11.0. The fourth-order valence-electron chi connectivity index (χ4n) is 2.25. The van der Waals surface area contributed by atoms with E-state index in [-0.39, 0.29) is 11.5 Å². The Bertz CT molecular complexity index is 382. The Balaban J connectivity index is 2.47. The van der Waals surface area contributed by atoms with Gasteiger partial charge >= 0.3 is 0 Å². The van der Waals surface area contributed by atoms with Gasteiger partial charge in [-0.2, -0.15) is 0 Å². The molecule has 82 valence electrons. The van der Waals surface area contributed by atoms with Gasteiger partial charge in [-0.1, -0.05) is 0 Å². The Morgan fingerprint density at radius 3 is 2.60 bits per heavy atom. The summed E-state index contributed by atoms with van der Waals surface area (Å²) in [4.78, 5) is 0. The zero-order valence-corrected chi connectivity index (χ0v) is 9.17. The van der Waals surface area contributed by atoms with E-state index in [1.165, 1.54) is 0 Å². The van der Waals surface area contributed by atoms with Crippen molar-refractivity contribution >= 4 is 0 Å². The van der Waals surface area contributed by atoms with Crippen LogP contribution in [0.2, 0.25) is 0 Å². The van der Waals surface area contributed by atoms with E-state index >= 15 is 0 Å². The zero-order valence-electron chi connectivity index (χ0n) is 9.17. The Morgan fingerprint density at radius 2 is 2.00 bits per heavy atom. The molecule has 0 spiro atoms. The van der Waals surface area contributed by atoms with Gasteiger partial charge in [0.2, 0.25) is 0 Å². The quantitative estimate of drug-likeness (QED) is 0.615. The molecule has 1 aliphatic rings. The molecule has 0 radical (unpaired) electrons. The largest absolute Gasteiger partial charge is 0.504 e. The fraction of sp³-hybridized carbons (Fsp3) is 0.500. The second kappa shape index (κ2) is 3.74. The Labute approximate surface area is 89.8 Å². The smallest absolute Gasteiger partial charge is 0.160 e. The molecule has 1 unspecified atom stereocenters. The Hall–Kier alpha value is -1.22. The lowest BCUT2D eigenvalue weighted by Crippen LogP contribution is -2.09.